The summed E-state index contributed by atoms with van der Waals surface area (Å²) in [6.07, 6.45) is 0. The monoisotopic (exact) mass is 344 g/mol. The highest BCUT2D eigenvalue weighted by Crippen LogP contribution is 2.30. The van der Waals surface area contributed by atoms with Gasteiger partial charge in [-0.3, -0.25) is 4.21 Å². The second kappa shape index (κ2) is 6.90. The van der Waals surface area contributed by atoms with Crippen molar-refractivity contribution in [3.8, 4) is 0 Å². The first-order valence-electron chi connectivity index (χ1n) is 5.37. The Morgan fingerprint density at radius 2 is 2.00 bits per heavy atom. The van der Waals surface area contributed by atoms with E-state index in [1.165, 1.54) is 12.1 Å². The number of nitrogen functional groups attached to an aromatic ring is 1. The minimum Gasteiger partial charge on any atom is -0.398 e. The van der Waals surface area contributed by atoms with Crippen molar-refractivity contribution in [2.75, 3.05) is 23.8 Å². The Labute approximate surface area is 125 Å². The first-order chi connectivity index (χ1) is 8.77. The first kappa shape index (κ1) is 16.7. The predicted molar refractivity (Wildman–Crippen MR) is 79.6 cm³/mol. The average molecular weight is 345 g/mol. The molecular formula is C10H14Cl2N2O3S2. The zero-order chi connectivity index (χ0) is 14.6. The summed E-state index contributed by atoms with van der Waals surface area (Å²) in [4.78, 5) is -0.208. The average Bonchev–Trinajstić information content (AvgIpc) is 2.26. The van der Waals surface area contributed by atoms with Gasteiger partial charge in [-0.25, -0.2) is 13.1 Å². The van der Waals surface area contributed by atoms with E-state index >= 15 is 0 Å². The molecule has 5 nitrogen and oxygen atoms in total. The van der Waals surface area contributed by atoms with Crippen molar-refractivity contribution in [1.29, 1.82) is 0 Å². The van der Waals surface area contributed by atoms with Crippen LogP contribution in [0.25, 0.3) is 0 Å². The van der Waals surface area contributed by atoms with Gasteiger partial charge in [0.2, 0.25) is 10.0 Å². The van der Waals surface area contributed by atoms with E-state index in [4.69, 9.17) is 28.9 Å². The molecule has 0 saturated carbocycles. The molecule has 1 atom stereocenters. The summed E-state index contributed by atoms with van der Waals surface area (Å²) >= 11 is 11.6. The number of hydrogen-bond acceptors (Lipinski definition) is 4. The fourth-order valence-electron chi connectivity index (χ4n) is 1.37. The van der Waals surface area contributed by atoms with E-state index in [-0.39, 0.29) is 32.9 Å². The highest BCUT2D eigenvalue weighted by atomic mass is 35.5. The Morgan fingerprint density at radius 3 is 2.53 bits per heavy atom. The summed E-state index contributed by atoms with van der Waals surface area (Å²) in [7, 11) is -4.89. The number of nitrogens with one attached hydrogen (secondary N) is 1. The second-order valence-corrected chi connectivity index (χ2v) is 8.05. The van der Waals surface area contributed by atoms with E-state index in [1.54, 1.807) is 6.92 Å². The lowest BCUT2D eigenvalue weighted by Gasteiger charge is -2.11. The number of anilines is 1. The molecule has 108 valence electrons. The molecular weight excluding hydrogens is 331 g/mol. The smallest absolute Gasteiger partial charge is 0.244 e. The number of benzene rings is 1. The van der Waals surface area contributed by atoms with Crippen molar-refractivity contribution in [2.24, 2.45) is 0 Å². The topological polar surface area (TPSA) is 89.3 Å². The summed E-state index contributed by atoms with van der Waals surface area (Å²) in [5.74, 6) is 0.715. The Hall–Kier alpha value is -0.340. The van der Waals surface area contributed by atoms with E-state index in [1.807, 2.05) is 0 Å². The van der Waals surface area contributed by atoms with E-state index in [0.717, 1.165) is 0 Å². The third-order valence-electron chi connectivity index (χ3n) is 2.25. The van der Waals surface area contributed by atoms with Crippen LogP contribution in [0.3, 0.4) is 0 Å². The van der Waals surface area contributed by atoms with Gasteiger partial charge in [0.1, 0.15) is 4.90 Å². The zero-order valence-electron chi connectivity index (χ0n) is 10.2. The number of hydrogen-bond donors (Lipinski definition) is 2. The van der Waals surface area contributed by atoms with Gasteiger partial charge in [0.25, 0.3) is 0 Å². The maximum Gasteiger partial charge on any atom is 0.244 e. The summed E-state index contributed by atoms with van der Waals surface area (Å²) in [5, 5.41) is 0.211. The van der Waals surface area contributed by atoms with E-state index in [0.29, 0.717) is 5.75 Å². The van der Waals surface area contributed by atoms with Crippen molar-refractivity contribution in [2.45, 2.75) is 11.8 Å². The van der Waals surface area contributed by atoms with Crippen molar-refractivity contribution in [3.63, 3.8) is 0 Å². The summed E-state index contributed by atoms with van der Waals surface area (Å²) in [6.45, 7) is 1.82. The molecule has 0 spiro atoms. The van der Waals surface area contributed by atoms with Crippen LogP contribution in [0.1, 0.15) is 6.92 Å². The van der Waals surface area contributed by atoms with Crippen LogP contribution >= 0.6 is 23.2 Å². The lowest BCUT2D eigenvalue weighted by molar-refractivity contribution is 0.584. The highest BCUT2D eigenvalue weighted by Gasteiger charge is 2.21. The molecule has 9 heteroatoms. The van der Waals surface area contributed by atoms with Crippen LogP contribution in [0, 0.1) is 0 Å². The molecule has 0 radical (unpaired) electrons. The minimum absolute atomic E-state index is 0.0263. The SMILES string of the molecule is CCS(=O)CCNS(=O)(=O)c1c(N)cc(Cl)cc1Cl. The number of sulfonamides is 1. The molecule has 0 amide bonds. The number of rotatable bonds is 6. The molecule has 0 saturated heterocycles. The minimum atomic E-state index is -3.84. The maximum atomic E-state index is 12.0. The molecule has 0 aliphatic heterocycles. The van der Waals surface area contributed by atoms with Crippen molar-refractivity contribution < 1.29 is 12.6 Å². The molecule has 3 N–H and O–H groups in total. The summed E-state index contributed by atoms with van der Waals surface area (Å²) in [6, 6.07) is 2.62. The molecule has 1 aromatic rings. The van der Waals surface area contributed by atoms with Gasteiger partial charge in [-0.15, -0.1) is 0 Å². The molecule has 0 aromatic heterocycles. The molecule has 1 unspecified atom stereocenters. The number of halogens is 2. The van der Waals surface area contributed by atoms with Crippen LogP contribution in [-0.2, 0) is 20.8 Å². The van der Waals surface area contributed by atoms with Gasteiger partial charge in [0.05, 0.1) is 10.7 Å². The standard InChI is InChI=1S/C10H14Cl2N2O3S2/c1-2-18(15)4-3-14-19(16,17)10-8(12)5-7(11)6-9(10)13/h5-6,14H,2-4,13H2,1H3. The first-order valence-corrected chi connectivity index (χ1v) is 9.09. The highest BCUT2D eigenvalue weighted by molar-refractivity contribution is 7.90. The molecule has 0 heterocycles. The Kier molecular flexibility index (Phi) is 6.07. The van der Waals surface area contributed by atoms with Gasteiger partial charge in [-0.1, -0.05) is 30.1 Å². The van der Waals surface area contributed by atoms with E-state index in [9.17, 15) is 12.6 Å². The van der Waals surface area contributed by atoms with Crippen LogP contribution in [0.4, 0.5) is 5.69 Å². The van der Waals surface area contributed by atoms with Crippen LogP contribution < -0.4 is 10.5 Å². The van der Waals surface area contributed by atoms with Gasteiger partial charge in [-0.05, 0) is 12.1 Å². The largest absolute Gasteiger partial charge is 0.398 e. The predicted octanol–water partition coefficient (Wildman–Crippen LogP) is 1.62. The summed E-state index contributed by atoms with van der Waals surface area (Å²) in [5.41, 5.74) is 5.59. The zero-order valence-corrected chi connectivity index (χ0v) is 13.3. The third kappa shape index (κ3) is 4.61. The molecule has 0 bridgehead atoms. The van der Waals surface area contributed by atoms with Crippen molar-refractivity contribution in [1.82, 2.24) is 4.72 Å². The second-order valence-electron chi connectivity index (χ2n) is 3.64. The molecule has 0 fully saturated rings. The van der Waals surface area contributed by atoms with Crippen molar-refractivity contribution >= 4 is 49.7 Å². The fourth-order valence-corrected chi connectivity index (χ4v) is 4.13. The maximum absolute atomic E-state index is 12.0. The Bertz CT molecular complexity index is 567. The molecule has 1 aromatic carbocycles. The lowest BCUT2D eigenvalue weighted by atomic mass is 10.3. The van der Waals surface area contributed by atoms with Gasteiger partial charge in [-0.2, -0.15) is 0 Å². The molecule has 19 heavy (non-hydrogen) atoms. The normalized spacial score (nSPS) is 13.4. The lowest BCUT2D eigenvalue weighted by Crippen LogP contribution is -2.29. The van der Waals surface area contributed by atoms with E-state index < -0.39 is 20.8 Å². The van der Waals surface area contributed by atoms with Crippen LogP contribution in [-0.4, -0.2) is 30.7 Å². The van der Waals surface area contributed by atoms with Gasteiger partial charge in [0.15, 0.2) is 0 Å². The third-order valence-corrected chi connectivity index (χ3v) is 5.76. The Morgan fingerprint density at radius 1 is 1.37 bits per heavy atom. The van der Waals surface area contributed by atoms with Crippen LogP contribution in [0.15, 0.2) is 17.0 Å². The van der Waals surface area contributed by atoms with E-state index in [2.05, 4.69) is 4.72 Å². The Balaban J connectivity index is 2.92. The fraction of sp³-hybridized carbons (Fsp3) is 0.400. The number of nitrogens with two attached hydrogens (primary N) is 1. The van der Waals surface area contributed by atoms with Gasteiger partial charge >= 0.3 is 0 Å². The van der Waals surface area contributed by atoms with Crippen LogP contribution in [0.5, 0.6) is 0 Å². The van der Waals surface area contributed by atoms with Gasteiger partial charge < -0.3 is 5.73 Å². The molecule has 0 aliphatic carbocycles. The van der Waals surface area contributed by atoms with Gasteiger partial charge in [0, 0.05) is 33.9 Å². The summed E-state index contributed by atoms with van der Waals surface area (Å²) < 4.78 is 37.6. The molecule has 1 rings (SSSR count). The van der Waals surface area contributed by atoms with Crippen molar-refractivity contribution in [3.05, 3.63) is 22.2 Å². The quantitative estimate of drug-likeness (QED) is 0.767. The molecule has 0 aliphatic rings. The van der Waals surface area contributed by atoms with Crippen LogP contribution in [0.2, 0.25) is 10.0 Å².